The highest BCUT2D eigenvalue weighted by Gasteiger charge is 2.17. The fraction of sp³-hybridized carbons (Fsp3) is 0.385. The minimum absolute atomic E-state index is 0.0112. The van der Waals surface area contributed by atoms with E-state index in [4.69, 9.17) is 0 Å². The molecule has 3 N–H and O–H groups in total. The molecule has 96 valence electrons. The van der Waals surface area contributed by atoms with Gasteiger partial charge < -0.3 is 16.0 Å². The summed E-state index contributed by atoms with van der Waals surface area (Å²) < 4.78 is 0. The van der Waals surface area contributed by atoms with Crippen LogP contribution in [0.2, 0.25) is 0 Å². The Kier molecular flexibility index (Phi) is 3.94. The van der Waals surface area contributed by atoms with Gasteiger partial charge in [-0.1, -0.05) is 12.1 Å². The van der Waals surface area contributed by atoms with Crippen LogP contribution >= 0.6 is 0 Å². The number of rotatable bonds is 3. The quantitative estimate of drug-likeness (QED) is 0.693. The van der Waals surface area contributed by atoms with Crippen LogP contribution in [0.15, 0.2) is 18.2 Å². The monoisotopic (exact) mass is 247 g/mol. The van der Waals surface area contributed by atoms with Crippen molar-refractivity contribution in [3.05, 3.63) is 34.9 Å². The first-order valence-corrected chi connectivity index (χ1v) is 6.02. The highest BCUT2D eigenvalue weighted by atomic mass is 16.2. The molecule has 0 fully saturated rings. The smallest absolute Gasteiger partial charge is 0.252 e. The zero-order valence-corrected chi connectivity index (χ0v) is 10.4. The first kappa shape index (κ1) is 12.6. The molecule has 0 saturated heterocycles. The van der Waals surface area contributed by atoms with E-state index in [0.29, 0.717) is 5.56 Å². The molecule has 1 aromatic carbocycles. The van der Waals surface area contributed by atoms with Gasteiger partial charge in [-0.3, -0.25) is 9.59 Å². The summed E-state index contributed by atoms with van der Waals surface area (Å²) >= 11 is 0. The van der Waals surface area contributed by atoms with Crippen LogP contribution in [0.3, 0.4) is 0 Å². The van der Waals surface area contributed by atoms with E-state index in [9.17, 15) is 9.59 Å². The lowest BCUT2D eigenvalue weighted by atomic mass is 9.95. The molecule has 0 radical (unpaired) electrons. The molecule has 0 saturated carbocycles. The SMILES string of the molecule is CNC(=O)CNC(=O)c1cccc2c1CCNC2. The minimum Gasteiger partial charge on any atom is -0.358 e. The topological polar surface area (TPSA) is 70.2 Å². The van der Waals surface area contributed by atoms with Gasteiger partial charge in [-0.25, -0.2) is 0 Å². The largest absolute Gasteiger partial charge is 0.358 e. The summed E-state index contributed by atoms with van der Waals surface area (Å²) in [4.78, 5) is 23.1. The van der Waals surface area contributed by atoms with Crippen molar-refractivity contribution in [3.8, 4) is 0 Å². The van der Waals surface area contributed by atoms with Crippen LogP contribution in [0.4, 0.5) is 0 Å². The summed E-state index contributed by atoms with van der Waals surface area (Å²) in [6, 6.07) is 5.71. The molecule has 1 aromatic rings. The molecular formula is C13H17N3O2. The van der Waals surface area contributed by atoms with E-state index in [1.807, 2.05) is 18.2 Å². The molecule has 0 unspecified atom stereocenters. The summed E-state index contributed by atoms with van der Waals surface area (Å²) in [7, 11) is 1.55. The summed E-state index contributed by atoms with van der Waals surface area (Å²) in [6.45, 7) is 1.69. The van der Waals surface area contributed by atoms with Crippen molar-refractivity contribution in [3.63, 3.8) is 0 Å². The molecule has 0 aliphatic carbocycles. The Labute approximate surface area is 106 Å². The standard InChI is InChI=1S/C13H17N3O2/c1-14-12(17)8-16-13(18)11-4-2-3-9-7-15-6-5-10(9)11/h2-4,15H,5-8H2,1H3,(H,14,17)(H,16,18). The van der Waals surface area contributed by atoms with E-state index in [1.54, 1.807) is 7.05 Å². The van der Waals surface area contributed by atoms with E-state index in [-0.39, 0.29) is 18.4 Å². The first-order chi connectivity index (χ1) is 8.72. The molecule has 5 heteroatoms. The third-order valence-corrected chi connectivity index (χ3v) is 3.07. The molecule has 0 spiro atoms. The summed E-state index contributed by atoms with van der Waals surface area (Å²) in [6.07, 6.45) is 0.846. The number of hydrogen-bond acceptors (Lipinski definition) is 3. The Bertz CT molecular complexity index is 471. The van der Waals surface area contributed by atoms with Gasteiger partial charge in [-0.15, -0.1) is 0 Å². The molecule has 0 atom stereocenters. The lowest BCUT2D eigenvalue weighted by molar-refractivity contribution is -0.119. The van der Waals surface area contributed by atoms with Crippen LogP contribution in [0.1, 0.15) is 21.5 Å². The Morgan fingerprint density at radius 3 is 3.00 bits per heavy atom. The van der Waals surface area contributed by atoms with E-state index in [1.165, 1.54) is 0 Å². The van der Waals surface area contributed by atoms with Crippen LogP contribution < -0.4 is 16.0 Å². The van der Waals surface area contributed by atoms with Crippen LogP contribution in [-0.4, -0.2) is 32.0 Å². The van der Waals surface area contributed by atoms with E-state index >= 15 is 0 Å². The highest BCUT2D eigenvalue weighted by Crippen LogP contribution is 2.18. The molecule has 0 aromatic heterocycles. The molecule has 2 rings (SSSR count). The van der Waals surface area contributed by atoms with Crippen molar-refractivity contribution in [2.75, 3.05) is 20.1 Å². The van der Waals surface area contributed by atoms with Gasteiger partial charge in [-0.2, -0.15) is 0 Å². The maximum Gasteiger partial charge on any atom is 0.252 e. The van der Waals surface area contributed by atoms with Gasteiger partial charge >= 0.3 is 0 Å². The zero-order valence-electron chi connectivity index (χ0n) is 10.4. The van der Waals surface area contributed by atoms with Crippen LogP contribution in [0, 0.1) is 0 Å². The van der Waals surface area contributed by atoms with Gasteiger partial charge in [0.05, 0.1) is 6.54 Å². The number of hydrogen-bond donors (Lipinski definition) is 3. The number of benzene rings is 1. The minimum atomic E-state index is -0.199. The van der Waals surface area contributed by atoms with E-state index in [2.05, 4.69) is 16.0 Å². The Morgan fingerprint density at radius 1 is 1.39 bits per heavy atom. The lowest BCUT2D eigenvalue weighted by Crippen LogP contribution is -2.36. The molecule has 18 heavy (non-hydrogen) atoms. The zero-order chi connectivity index (χ0) is 13.0. The predicted molar refractivity (Wildman–Crippen MR) is 68.3 cm³/mol. The van der Waals surface area contributed by atoms with Crippen molar-refractivity contribution in [2.45, 2.75) is 13.0 Å². The number of fused-ring (bicyclic) bond motifs is 1. The summed E-state index contributed by atoms with van der Waals surface area (Å²) in [5.41, 5.74) is 2.93. The van der Waals surface area contributed by atoms with Crippen molar-refractivity contribution in [2.24, 2.45) is 0 Å². The number of amides is 2. The molecular weight excluding hydrogens is 230 g/mol. The van der Waals surface area contributed by atoms with Gasteiger partial charge in [-0.05, 0) is 30.2 Å². The van der Waals surface area contributed by atoms with Crippen LogP contribution in [0.25, 0.3) is 0 Å². The van der Waals surface area contributed by atoms with E-state index < -0.39 is 0 Å². The number of nitrogens with one attached hydrogen (secondary N) is 3. The molecule has 5 nitrogen and oxygen atoms in total. The molecule has 1 aliphatic heterocycles. The van der Waals surface area contributed by atoms with Gasteiger partial charge in [0.1, 0.15) is 0 Å². The van der Waals surface area contributed by atoms with Crippen LogP contribution in [0.5, 0.6) is 0 Å². The second-order valence-electron chi connectivity index (χ2n) is 4.23. The van der Waals surface area contributed by atoms with Crippen molar-refractivity contribution < 1.29 is 9.59 Å². The van der Waals surface area contributed by atoms with Crippen molar-refractivity contribution in [1.82, 2.24) is 16.0 Å². The molecule has 1 heterocycles. The number of likely N-dealkylation sites (N-methyl/N-ethyl adjacent to an activating group) is 1. The third-order valence-electron chi connectivity index (χ3n) is 3.07. The van der Waals surface area contributed by atoms with Gasteiger partial charge in [0, 0.05) is 19.2 Å². The number of carbonyl (C=O) groups excluding carboxylic acids is 2. The number of carbonyl (C=O) groups is 2. The molecule has 1 aliphatic rings. The van der Waals surface area contributed by atoms with Gasteiger partial charge in [0.15, 0.2) is 0 Å². The fourth-order valence-electron chi connectivity index (χ4n) is 2.09. The van der Waals surface area contributed by atoms with E-state index in [0.717, 1.165) is 30.6 Å². The van der Waals surface area contributed by atoms with Crippen molar-refractivity contribution in [1.29, 1.82) is 0 Å². The average Bonchev–Trinajstić information content (AvgIpc) is 2.43. The van der Waals surface area contributed by atoms with Crippen molar-refractivity contribution >= 4 is 11.8 Å². The predicted octanol–water partition coefficient (Wildman–Crippen LogP) is -0.192. The summed E-state index contributed by atoms with van der Waals surface area (Å²) in [5, 5.41) is 8.37. The maximum atomic E-state index is 12.0. The first-order valence-electron chi connectivity index (χ1n) is 6.02. The third kappa shape index (κ3) is 2.68. The Hall–Kier alpha value is -1.88. The molecule has 0 bridgehead atoms. The average molecular weight is 247 g/mol. The fourth-order valence-corrected chi connectivity index (χ4v) is 2.09. The normalized spacial score (nSPS) is 13.6. The van der Waals surface area contributed by atoms with Gasteiger partial charge in [0.25, 0.3) is 5.91 Å². The Morgan fingerprint density at radius 2 is 2.22 bits per heavy atom. The maximum absolute atomic E-state index is 12.0. The highest BCUT2D eigenvalue weighted by molar-refractivity contribution is 5.98. The molecule has 2 amide bonds. The second kappa shape index (κ2) is 5.64. The van der Waals surface area contributed by atoms with Crippen LogP contribution in [-0.2, 0) is 17.8 Å². The van der Waals surface area contributed by atoms with Gasteiger partial charge in [0.2, 0.25) is 5.91 Å². The lowest BCUT2D eigenvalue weighted by Gasteiger charge is -2.19. The summed E-state index contributed by atoms with van der Waals surface area (Å²) in [5.74, 6) is -0.382. The second-order valence-corrected chi connectivity index (χ2v) is 4.23. The Balaban J connectivity index is 2.13.